The van der Waals surface area contributed by atoms with E-state index < -0.39 is 18.0 Å². The molecule has 0 saturated heterocycles. The predicted octanol–water partition coefficient (Wildman–Crippen LogP) is 4.23. The minimum atomic E-state index is -1.15. The maximum absolute atomic E-state index is 11.6. The number of hydrogen-bond acceptors (Lipinski definition) is 5. The van der Waals surface area contributed by atoms with Crippen molar-refractivity contribution in [2.45, 2.75) is 6.92 Å². The molecule has 3 rings (SSSR count). The van der Waals surface area contributed by atoms with Gasteiger partial charge in [-0.1, -0.05) is 29.3 Å². The molecule has 1 unspecified atom stereocenters. The molecule has 1 amide bonds. The zero-order valence-electron chi connectivity index (χ0n) is 16.5. The molecule has 0 aliphatic carbocycles. The quantitative estimate of drug-likeness (QED) is 0.587. The summed E-state index contributed by atoms with van der Waals surface area (Å²) in [5.41, 5.74) is 2.05. The van der Waals surface area contributed by atoms with Crippen molar-refractivity contribution in [1.82, 2.24) is 9.88 Å². The van der Waals surface area contributed by atoms with E-state index in [1.54, 1.807) is 30.3 Å². The number of halogens is 2. The number of aryl methyl sites for hydroxylation is 1. The van der Waals surface area contributed by atoms with Gasteiger partial charge in [0.25, 0.3) is 0 Å². The van der Waals surface area contributed by atoms with Crippen molar-refractivity contribution >= 4 is 40.8 Å². The Balaban J connectivity index is 1.59. The zero-order valence-corrected chi connectivity index (χ0v) is 18.1. The van der Waals surface area contributed by atoms with Gasteiger partial charge in [0.1, 0.15) is 13.2 Å². The minimum absolute atomic E-state index is 0.115. The lowest BCUT2D eigenvalue weighted by Gasteiger charge is -2.29. The van der Waals surface area contributed by atoms with Crippen LogP contribution in [0.2, 0.25) is 10.0 Å². The molecule has 0 fully saturated rings. The van der Waals surface area contributed by atoms with E-state index in [9.17, 15) is 14.7 Å². The molecule has 10 heteroatoms. The molecule has 2 heterocycles. The summed E-state index contributed by atoms with van der Waals surface area (Å²) >= 11 is 12.3. The molecule has 1 aromatic heterocycles. The van der Waals surface area contributed by atoms with Crippen LogP contribution in [0, 0.1) is 12.8 Å². The first-order chi connectivity index (χ1) is 14.8. The molecular weight excluding hydrogens is 447 g/mol. The Morgan fingerprint density at radius 1 is 1.16 bits per heavy atom. The molecule has 0 spiro atoms. The van der Waals surface area contributed by atoms with E-state index in [4.69, 9.17) is 37.8 Å². The predicted molar refractivity (Wildman–Crippen MR) is 115 cm³/mol. The van der Waals surface area contributed by atoms with Crippen LogP contribution < -0.4 is 9.47 Å². The normalized spacial score (nSPS) is 15.9. The Bertz CT molecular complexity index is 986. The van der Waals surface area contributed by atoms with E-state index in [1.807, 2.05) is 6.92 Å². The average molecular weight is 467 g/mol. The highest BCUT2D eigenvalue weighted by molar-refractivity contribution is 6.37. The summed E-state index contributed by atoms with van der Waals surface area (Å²) in [5.74, 6) is -1.33. The van der Waals surface area contributed by atoms with Crippen LogP contribution in [0.4, 0.5) is 4.79 Å². The number of aliphatic carboxylic acids is 1. The third-order valence-electron chi connectivity index (χ3n) is 4.67. The largest absolute Gasteiger partial charge is 0.487 e. The number of carboxylic acids is 1. The van der Waals surface area contributed by atoms with Crippen LogP contribution in [0.15, 0.2) is 36.5 Å². The van der Waals surface area contributed by atoms with Gasteiger partial charge in [-0.25, -0.2) is 9.78 Å². The second-order valence-electron chi connectivity index (χ2n) is 6.88. The smallest absolute Gasteiger partial charge is 0.407 e. The van der Waals surface area contributed by atoms with Gasteiger partial charge in [-0.2, -0.15) is 0 Å². The average Bonchev–Trinajstić information content (AvgIpc) is 2.72. The number of carbonyl (C=O) groups is 2. The monoisotopic (exact) mass is 466 g/mol. The lowest BCUT2D eigenvalue weighted by Crippen LogP contribution is -2.40. The summed E-state index contributed by atoms with van der Waals surface area (Å²) in [4.78, 5) is 28.0. The fourth-order valence-electron chi connectivity index (χ4n) is 3.18. The topological polar surface area (TPSA) is 109 Å². The number of aromatic nitrogens is 1. The van der Waals surface area contributed by atoms with Crippen molar-refractivity contribution in [3.05, 3.63) is 57.7 Å². The number of carboxylic acid groups (broad SMARTS) is 2. The third-order valence-corrected chi connectivity index (χ3v) is 5.23. The summed E-state index contributed by atoms with van der Waals surface area (Å²) < 4.78 is 11.1. The lowest BCUT2D eigenvalue weighted by molar-refractivity contribution is -0.140. The van der Waals surface area contributed by atoms with Crippen LogP contribution in [-0.2, 0) is 4.79 Å². The van der Waals surface area contributed by atoms with Crippen LogP contribution >= 0.6 is 23.2 Å². The lowest BCUT2D eigenvalue weighted by atomic mass is 9.90. The van der Waals surface area contributed by atoms with E-state index in [-0.39, 0.29) is 26.3 Å². The van der Waals surface area contributed by atoms with Gasteiger partial charge in [-0.15, -0.1) is 0 Å². The minimum Gasteiger partial charge on any atom is -0.487 e. The number of benzene rings is 1. The van der Waals surface area contributed by atoms with Crippen LogP contribution in [0.3, 0.4) is 0 Å². The van der Waals surface area contributed by atoms with Crippen molar-refractivity contribution in [2.24, 2.45) is 5.92 Å². The van der Waals surface area contributed by atoms with Gasteiger partial charge in [0.15, 0.2) is 5.75 Å². The molecule has 1 atom stereocenters. The second kappa shape index (κ2) is 9.89. The molecule has 0 saturated carbocycles. The number of pyridine rings is 1. The molecular formula is C21H20Cl2N2O6. The molecule has 1 aliphatic rings. The Hall–Kier alpha value is -2.97. The number of hydrogen-bond donors (Lipinski definition) is 2. The van der Waals surface area contributed by atoms with Gasteiger partial charge in [0.2, 0.25) is 5.88 Å². The fraction of sp³-hybridized carbons (Fsp3) is 0.286. The molecule has 8 nitrogen and oxygen atoms in total. The Labute approximate surface area is 188 Å². The maximum Gasteiger partial charge on any atom is 0.407 e. The molecule has 2 aromatic rings. The number of rotatable bonds is 7. The van der Waals surface area contributed by atoms with Gasteiger partial charge < -0.3 is 24.6 Å². The van der Waals surface area contributed by atoms with Gasteiger partial charge in [-0.3, -0.25) is 4.79 Å². The van der Waals surface area contributed by atoms with Crippen molar-refractivity contribution in [1.29, 1.82) is 0 Å². The summed E-state index contributed by atoms with van der Waals surface area (Å²) in [6.07, 6.45) is 1.94. The number of amides is 1. The van der Waals surface area contributed by atoms with E-state index >= 15 is 0 Å². The number of ether oxygens (including phenoxy) is 2. The molecule has 31 heavy (non-hydrogen) atoms. The molecule has 2 N–H and O–H groups in total. The van der Waals surface area contributed by atoms with Crippen LogP contribution in [-0.4, -0.2) is 58.5 Å². The highest BCUT2D eigenvalue weighted by Gasteiger charge is 2.31. The fourth-order valence-corrected chi connectivity index (χ4v) is 3.89. The van der Waals surface area contributed by atoms with Crippen molar-refractivity contribution < 1.29 is 29.3 Å². The van der Waals surface area contributed by atoms with Crippen LogP contribution in [0.5, 0.6) is 11.6 Å². The summed E-state index contributed by atoms with van der Waals surface area (Å²) in [6, 6.07) is 6.81. The first-order valence-electron chi connectivity index (χ1n) is 9.34. The van der Waals surface area contributed by atoms with Crippen LogP contribution in [0.25, 0.3) is 5.57 Å². The van der Waals surface area contributed by atoms with Gasteiger partial charge in [0, 0.05) is 25.4 Å². The van der Waals surface area contributed by atoms with Crippen molar-refractivity contribution in [3.63, 3.8) is 0 Å². The molecule has 1 aliphatic heterocycles. The molecule has 164 valence electrons. The van der Waals surface area contributed by atoms with Crippen LogP contribution in [0.1, 0.15) is 11.1 Å². The van der Waals surface area contributed by atoms with Crippen molar-refractivity contribution in [2.75, 3.05) is 26.3 Å². The van der Waals surface area contributed by atoms with E-state index in [1.165, 1.54) is 6.20 Å². The summed E-state index contributed by atoms with van der Waals surface area (Å²) in [6.45, 7) is 2.28. The summed E-state index contributed by atoms with van der Waals surface area (Å²) in [5, 5.41) is 19.4. The van der Waals surface area contributed by atoms with E-state index in [2.05, 4.69) is 4.98 Å². The first kappa shape index (κ1) is 22.7. The SMILES string of the molecule is Cc1cc(Cl)c(OCCOc2ccc(C3=CCN(C(=O)O)CC3C(=O)O)cn2)c(Cl)c1. The Morgan fingerprint density at radius 3 is 2.42 bits per heavy atom. The highest BCUT2D eigenvalue weighted by Crippen LogP contribution is 2.34. The first-order valence-corrected chi connectivity index (χ1v) is 10.1. The maximum atomic E-state index is 11.6. The zero-order chi connectivity index (χ0) is 22.5. The van der Waals surface area contributed by atoms with Crippen molar-refractivity contribution in [3.8, 4) is 11.6 Å². The third kappa shape index (κ3) is 5.59. The Kier molecular flexibility index (Phi) is 7.25. The molecule has 0 radical (unpaired) electrons. The standard InChI is InChI=1S/C21H20Cl2N2O6/c1-12-8-16(22)19(17(23)9-12)31-7-6-30-18-3-2-13(10-24-18)14-4-5-25(21(28)29)11-15(14)20(26)27/h2-4,8-10,15H,5-7,11H2,1H3,(H,26,27)(H,28,29). The van der Waals surface area contributed by atoms with E-state index in [0.29, 0.717) is 32.8 Å². The van der Waals surface area contributed by atoms with E-state index in [0.717, 1.165) is 10.5 Å². The van der Waals surface area contributed by atoms with Gasteiger partial charge in [-0.05, 0) is 41.8 Å². The summed E-state index contributed by atoms with van der Waals surface area (Å²) in [7, 11) is 0. The Morgan fingerprint density at radius 2 is 1.84 bits per heavy atom. The van der Waals surface area contributed by atoms with Gasteiger partial charge >= 0.3 is 12.1 Å². The van der Waals surface area contributed by atoms with Gasteiger partial charge in [0.05, 0.1) is 16.0 Å². The highest BCUT2D eigenvalue weighted by atomic mass is 35.5. The second-order valence-corrected chi connectivity index (χ2v) is 7.69. The molecule has 0 bridgehead atoms. The number of nitrogens with zero attached hydrogens (tertiary/aromatic N) is 2. The molecule has 1 aromatic carbocycles.